The lowest BCUT2D eigenvalue weighted by molar-refractivity contribution is 0.0377. The maximum absolute atomic E-state index is 12.7. The van der Waals surface area contributed by atoms with Crippen molar-refractivity contribution in [2.45, 2.75) is 39.8 Å². The van der Waals surface area contributed by atoms with Crippen molar-refractivity contribution < 1.29 is 9.53 Å². The number of anilines is 1. The van der Waals surface area contributed by atoms with Crippen LogP contribution in [0.3, 0.4) is 0 Å². The number of aryl methyl sites for hydroxylation is 1. The van der Waals surface area contributed by atoms with Gasteiger partial charge in [-0.1, -0.05) is 37.3 Å². The molecule has 5 nitrogen and oxygen atoms in total. The Labute approximate surface area is 162 Å². The predicted octanol–water partition coefficient (Wildman–Crippen LogP) is 3.53. The Morgan fingerprint density at radius 3 is 2.44 bits per heavy atom. The number of carbonyl (C=O) groups excluding carboxylic acids is 1. The molecule has 0 saturated carbocycles. The minimum absolute atomic E-state index is 0.141. The second kappa shape index (κ2) is 9.00. The summed E-state index contributed by atoms with van der Waals surface area (Å²) in [5.41, 5.74) is 2.96. The smallest absolute Gasteiger partial charge is 0.342 e. The summed E-state index contributed by atoms with van der Waals surface area (Å²) in [4.78, 5) is 21.9. The molecular formula is C22H29N3O2. The first-order valence-corrected chi connectivity index (χ1v) is 9.78. The van der Waals surface area contributed by atoms with E-state index in [0.29, 0.717) is 5.56 Å². The highest BCUT2D eigenvalue weighted by Gasteiger charge is 2.26. The average Bonchev–Trinajstić information content (AvgIpc) is 2.68. The first kappa shape index (κ1) is 19.4. The molecule has 0 N–H and O–H groups in total. The Balaban J connectivity index is 1.73. The first-order valence-electron chi connectivity index (χ1n) is 9.78. The zero-order valence-corrected chi connectivity index (χ0v) is 16.5. The minimum Gasteiger partial charge on any atom is -0.459 e. The van der Waals surface area contributed by atoms with Gasteiger partial charge in [-0.25, -0.2) is 9.78 Å². The van der Waals surface area contributed by atoms with Crippen molar-refractivity contribution in [3.63, 3.8) is 0 Å². The van der Waals surface area contributed by atoms with Gasteiger partial charge in [0.2, 0.25) is 0 Å². The van der Waals surface area contributed by atoms with Gasteiger partial charge in [0.05, 0.1) is 6.10 Å². The fourth-order valence-electron chi connectivity index (χ4n) is 3.48. The van der Waals surface area contributed by atoms with Gasteiger partial charge in [-0.15, -0.1) is 0 Å². The molecule has 1 aliphatic heterocycles. The van der Waals surface area contributed by atoms with Gasteiger partial charge < -0.3 is 9.64 Å². The lowest BCUT2D eigenvalue weighted by atomic mass is 10.1. The number of rotatable bonds is 6. The molecule has 0 unspecified atom stereocenters. The molecule has 1 fully saturated rings. The predicted molar refractivity (Wildman–Crippen MR) is 108 cm³/mol. The Morgan fingerprint density at radius 2 is 1.81 bits per heavy atom. The fourth-order valence-corrected chi connectivity index (χ4v) is 3.48. The fraction of sp³-hybridized carbons (Fsp3) is 0.455. The van der Waals surface area contributed by atoms with Crippen LogP contribution < -0.4 is 4.90 Å². The van der Waals surface area contributed by atoms with Crippen LogP contribution in [-0.4, -0.2) is 48.1 Å². The molecule has 0 atom stereocenters. The molecule has 3 rings (SSSR count). The van der Waals surface area contributed by atoms with E-state index < -0.39 is 0 Å². The van der Waals surface area contributed by atoms with Crippen molar-refractivity contribution >= 4 is 11.8 Å². The minimum atomic E-state index is -0.267. The Kier molecular flexibility index (Phi) is 6.45. The molecule has 144 valence electrons. The quantitative estimate of drug-likeness (QED) is 0.731. The largest absolute Gasteiger partial charge is 0.459 e. The van der Waals surface area contributed by atoms with Crippen LogP contribution in [0.15, 0.2) is 42.6 Å². The number of benzene rings is 1. The van der Waals surface area contributed by atoms with Gasteiger partial charge in [0.15, 0.2) is 0 Å². The molecule has 0 bridgehead atoms. The van der Waals surface area contributed by atoms with E-state index in [4.69, 9.17) is 4.74 Å². The normalized spacial score (nSPS) is 15.2. The molecule has 5 heteroatoms. The van der Waals surface area contributed by atoms with Gasteiger partial charge in [0.25, 0.3) is 0 Å². The summed E-state index contributed by atoms with van der Waals surface area (Å²) < 4.78 is 5.49. The van der Waals surface area contributed by atoms with E-state index in [9.17, 15) is 4.79 Å². The summed E-state index contributed by atoms with van der Waals surface area (Å²) in [6.45, 7) is 10.4. The second-order valence-corrected chi connectivity index (χ2v) is 7.23. The second-order valence-electron chi connectivity index (χ2n) is 7.23. The molecule has 0 radical (unpaired) electrons. The van der Waals surface area contributed by atoms with Crippen LogP contribution in [0.25, 0.3) is 0 Å². The molecule has 2 heterocycles. The van der Waals surface area contributed by atoms with Gasteiger partial charge in [-0.3, -0.25) is 4.90 Å². The summed E-state index contributed by atoms with van der Waals surface area (Å²) in [6.07, 6.45) is 2.45. The van der Waals surface area contributed by atoms with Crippen LogP contribution in [0.5, 0.6) is 0 Å². The van der Waals surface area contributed by atoms with E-state index in [0.717, 1.165) is 50.5 Å². The van der Waals surface area contributed by atoms with Crippen molar-refractivity contribution in [3.8, 4) is 0 Å². The van der Waals surface area contributed by atoms with E-state index in [1.54, 1.807) is 6.20 Å². The molecule has 1 aliphatic rings. The highest BCUT2D eigenvalue weighted by Crippen LogP contribution is 2.25. The summed E-state index contributed by atoms with van der Waals surface area (Å²) in [5.74, 6) is 0.496. The maximum Gasteiger partial charge on any atom is 0.342 e. The van der Waals surface area contributed by atoms with E-state index >= 15 is 0 Å². The number of carbonyl (C=O) groups is 1. The van der Waals surface area contributed by atoms with E-state index in [1.807, 2.05) is 26.0 Å². The zero-order valence-electron chi connectivity index (χ0n) is 16.5. The van der Waals surface area contributed by atoms with Gasteiger partial charge >= 0.3 is 5.97 Å². The maximum atomic E-state index is 12.7. The van der Waals surface area contributed by atoms with Gasteiger partial charge in [-0.05, 0) is 37.5 Å². The number of pyridine rings is 1. The molecular weight excluding hydrogens is 338 g/mol. The Morgan fingerprint density at radius 1 is 1.11 bits per heavy atom. The summed E-state index contributed by atoms with van der Waals surface area (Å²) in [7, 11) is 0. The lowest BCUT2D eigenvalue weighted by Crippen LogP contribution is -2.46. The van der Waals surface area contributed by atoms with Crippen molar-refractivity contribution in [2.24, 2.45) is 0 Å². The van der Waals surface area contributed by atoms with Gasteiger partial charge in [0, 0.05) is 38.9 Å². The molecule has 27 heavy (non-hydrogen) atoms. The topological polar surface area (TPSA) is 45.7 Å². The molecule has 0 spiro atoms. The number of aromatic nitrogens is 1. The molecule has 1 aromatic heterocycles. The van der Waals surface area contributed by atoms with Crippen LogP contribution in [0.2, 0.25) is 0 Å². The molecule has 0 aliphatic carbocycles. The van der Waals surface area contributed by atoms with E-state index in [1.165, 1.54) is 5.56 Å². The van der Waals surface area contributed by atoms with Crippen molar-refractivity contribution in [1.82, 2.24) is 9.88 Å². The van der Waals surface area contributed by atoms with Gasteiger partial charge in [-0.2, -0.15) is 0 Å². The number of hydrogen-bond donors (Lipinski definition) is 0. The molecule has 1 aromatic carbocycles. The third-order valence-electron chi connectivity index (χ3n) is 4.87. The Bertz CT molecular complexity index is 753. The zero-order chi connectivity index (χ0) is 19.2. The highest BCUT2D eigenvalue weighted by atomic mass is 16.5. The lowest BCUT2D eigenvalue weighted by Gasteiger charge is -2.36. The standard InChI is InChI=1S/C22H29N3O2/c1-4-19-10-11-23-21(20(19)22(26)27-17(2)3)25-14-12-24(13-15-25)16-18-8-6-5-7-9-18/h5-11,17H,4,12-16H2,1-3H3. The molecule has 1 saturated heterocycles. The van der Waals surface area contributed by atoms with Gasteiger partial charge in [0.1, 0.15) is 11.4 Å². The number of piperazine rings is 1. The summed E-state index contributed by atoms with van der Waals surface area (Å²) in [6, 6.07) is 12.5. The number of ether oxygens (including phenoxy) is 1. The average molecular weight is 367 g/mol. The summed E-state index contributed by atoms with van der Waals surface area (Å²) >= 11 is 0. The number of hydrogen-bond acceptors (Lipinski definition) is 5. The Hall–Kier alpha value is -2.40. The first-order chi connectivity index (χ1) is 13.1. The van der Waals surface area contributed by atoms with E-state index in [-0.39, 0.29) is 12.1 Å². The van der Waals surface area contributed by atoms with Crippen LogP contribution in [-0.2, 0) is 17.7 Å². The highest BCUT2D eigenvalue weighted by molar-refractivity contribution is 5.96. The van der Waals surface area contributed by atoms with Crippen LogP contribution in [0.4, 0.5) is 5.82 Å². The van der Waals surface area contributed by atoms with Crippen LogP contribution >= 0.6 is 0 Å². The van der Waals surface area contributed by atoms with Crippen molar-refractivity contribution in [2.75, 3.05) is 31.1 Å². The van der Waals surface area contributed by atoms with E-state index in [2.05, 4.69) is 46.0 Å². The number of nitrogens with zero attached hydrogens (tertiary/aromatic N) is 3. The summed E-state index contributed by atoms with van der Waals surface area (Å²) in [5, 5.41) is 0. The molecule has 0 amide bonds. The van der Waals surface area contributed by atoms with Crippen molar-refractivity contribution in [1.29, 1.82) is 0 Å². The number of esters is 1. The SMILES string of the molecule is CCc1ccnc(N2CCN(Cc3ccccc3)CC2)c1C(=O)OC(C)C. The third-order valence-corrected chi connectivity index (χ3v) is 4.87. The molecule has 2 aromatic rings. The van der Waals surface area contributed by atoms with Crippen molar-refractivity contribution in [3.05, 3.63) is 59.3 Å². The third kappa shape index (κ3) is 4.86. The van der Waals surface area contributed by atoms with Crippen LogP contribution in [0, 0.1) is 0 Å². The monoisotopic (exact) mass is 367 g/mol. The van der Waals surface area contributed by atoms with Crippen LogP contribution in [0.1, 0.15) is 42.3 Å².